The van der Waals surface area contributed by atoms with Crippen molar-refractivity contribution < 1.29 is 0 Å². The predicted octanol–water partition coefficient (Wildman–Crippen LogP) is 3.86. The maximum absolute atomic E-state index is 5.84. The van der Waals surface area contributed by atoms with Gasteiger partial charge in [-0.15, -0.1) is 23.5 Å². The molecule has 2 N–H and O–H groups in total. The highest BCUT2D eigenvalue weighted by atomic mass is 32.2. The van der Waals surface area contributed by atoms with Crippen molar-refractivity contribution in [2.45, 2.75) is 16.7 Å². The summed E-state index contributed by atoms with van der Waals surface area (Å²) >= 11 is 3.66. The minimum Gasteiger partial charge on any atom is -0.397 e. The number of nitrogens with zero attached hydrogens (tertiary/aromatic N) is 1. The minimum atomic E-state index is 0.767. The molecule has 0 aliphatic carbocycles. The molecule has 0 unspecified atom stereocenters. The van der Waals surface area contributed by atoms with Crippen LogP contribution >= 0.6 is 23.5 Å². The summed E-state index contributed by atoms with van der Waals surface area (Å²) in [6.07, 6.45) is 3.49. The van der Waals surface area contributed by atoms with Gasteiger partial charge in [0, 0.05) is 27.5 Å². The van der Waals surface area contributed by atoms with Crippen LogP contribution in [0.1, 0.15) is 5.56 Å². The number of thioether (sulfide) groups is 2. The normalized spacial score (nSPS) is 10.5. The van der Waals surface area contributed by atoms with E-state index in [-0.39, 0.29) is 0 Å². The van der Waals surface area contributed by atoms with Gasteiger partial charge in [-0.2, -0.15) is 0 Å². The Morgan fingerprint density at radius 3 is 2.50 bits per heavy atom. The van der Waals surface area contributed by atoms with E-state index in [0.717, 1.165) is 22.1 Å². The van der Waals surface area contributed by atoms with Crippen molar-refractivity contribution in [1.82, 2.24) is 4.98 Å². The van der Waals surface area contributed by atoms with Crippen LogP contribution in [0.3, 0.4) is 0 Å². The zero-order valence-electron chi connectivity index (χ0n) is 10.3. The molecule has 0 radical (unpaired) electrons. The van der Waals surface area contributed by atoms with E-state index in [1.807, 2.05) is 17.8 Å². The van der Waals surface area contributed by atoms with Crippen LogP contribution in [0, 0.1) is 6.92 Å². The fourth-order valence-corrected chi connectivity index (χ4v) is 3.30. The monoisotopic (exact) mass is 276 g/mol. The van der Waals surface area contributed by atoms with Gasteiger partial charge in [-0.1, -0.05) is 17.7 Å². The summed E-state index contributed by atoms with van der Waals surface area (Å²) < 4.78 is 0. The molecular weight excluding hydrogens is 260 g/mol. The lowest BCUT2D eigenvalue weighted by Crippen LogP contribution is -1.91. The van der Waals surface area contributed by atoms with Gasteiger partial charge in [-0.05, 0) is 25.1 Å². The number of hydrogen-bond acceptors (Lipinski definition) is 4. The number of aromatic nitrogens is 1. The highest BCUT2D eigenvalue weighted by Gasteiger charge is 1.99. The third kappa shape index (κ3) is 3.96. The number of rotatable bonds is 5. The summed E-state index contributed by atoms with van der Waals surface area (Å²) in [4.78, 5) is 6.43. The molecule has 0 fully saturated rings. The molecule has 0 saturated heterocycles. The fourth-order valence-electron chi connectivity index (χ4n) is 1.47. The highest BCUT2D eigenvalue weighted by molar-refractivity contribution is 8.03. The average molecular weight is 276 g/mol. The molecule has 0 amide bonds. The van der Waals surface area contributed by atoms with Crippen molar-refractivity contribution in [3.8, 4) is 0 Å². The van der Waals surface area contributed by atoms with Crippen LogP contribution < -0.4 is 5.73 Å². The summed E-state index contributed by atoms with van der Waals surface area (Å²) in [6.45, 7) is 2.11. The summed E-state index contributed by atoms with van der Waals surface area (Å²) in [5.41, 5.74) is 7.91. The number of nitrogen functional groups attached to an aromatic ring is 1. The Morgan fingerprint density at radius 2 is 1.78 bits per heavy atom. The van der Waals surface area contributed by atoms with Gasteiger partial charge >= 0.3 is 0 Å². The quantitative estimate of drug-likeness (QED) is 0.665. The van der Waals surface area contributed by atoms with Gasteiger partial charge in [-0.25, -0.2) is 0 Å². The van der Waals surface area contributed by atoms with E-state index in [4.69, 9.17) is 5.73 Å². The van der Waals surface area contributed by atoms with Crippen molar-refractivity contribution in [2.75, 3.05) is 17.2 Å². The summed E-state index contributed by atoms with van der Waals surface area (Å²) in [7, 11) is 0. The Hall–Kier alpha value is -1.13. The molecule has 2 rings (SSSR count). The molecule has 4 heteroatoms. The second kappa shape index (κ2) is 6.71. The van der Waals surface area contributed by atoms with E-state index >= 15 is 0 Å². The fraction of sp³-hybridized carbons (Fsp3) is 0.214. The van der Waals surface area contributed by atoms with Crippen LogP contribution in [-0.4, -0.2) is 16.5 Å². The van der Waals surface area contributed by atoms with Crippen molar-refractivity contribution in [3.05, 3.63) is 48.3 Å². The lowest BCUT2D eigenvalue weighted by molar-refractivity contribution is 1.27. The molecule has 0 spiro atoms. The van der Waals surface area contributed by atoms with Gasteiger partial charge in [0.05, 0.1) is 11.9 Å². The Balaban J connectivity index is 1.76. The number of nitrogens with two attached hydrogens (primary N) is 1. The number of aryl methyl sites for hydroxylation is 1. The first-order valence-corrected chi connectivity index (χ1v) is 7.74. The highest BCUT2D eigenvalue weighted by Crippen LogP contribution is 2.26. The van der Waals surface area contributed by atoms with Crippen molar-refractivity contribution in [3.63, 3.8) is 0 Å². The van der Waals surface area contributed by atoms with Crippen LogP contribution in [0.15, 0.2) is 52.5 Å². The maximum Gasteiger partial charge on any atom is 0.0638 e. The first-order chi connectivity index (χ1) is 8.75. The molecule has 18 heavy (non-hydrogen) atoms. The van der Waals surface area contributed by atoms with Crippen LogP contribution in [0.2, 0.25) is 0 Å². The van der Waals surface area contributed by atoms with E-state index in [9.17, 15) is 0 Å². The Labute approximate surface area is 116 Å². The van der Waals surface area contributed by atoms with E-state index in [1.54, 1.807) is 24.2 Å². The number of anilines is 1. The molecule has 0 saturated carbocycles. The topological polar surface area (TPSA) is 38.9 Å². The Bertz CT molecular complexity index is 497. The van der Waals surface area contributed by atoms with E-state index in [0.29, 0.717) is 0 Å². The smallest absolute Gasteiger partial charge is 0.0638 e. The van der Waals surface area contributed by atoms with E-state index in [1.165, 1.54) is 10.5 Å². The zero-order chi connectivity index (χ0) is 12.8. The molecule has 1 aromatic heterocycles. The van der Waals surface area contributed by atoms with Crippen LogP contribution in [0.5, 0.6) is 0 Å². The molecular formula is C14H16N2S2. The van der Waals surface area contributed by atoms with E-state index in [2.05, 4.69) is 36.2 Å². The molecule has 1 heterocycles. The summed E-state index contributed by atoms with van der Waals surface area (Å²) in [5, 5.41) is 0. The molecule has 0 aliphatic heterocycles. The molecule has 94 valence electrons. The molecule has 0 aliphatic rings. The van der Waals surface area contributed by atoms with Crippen molar-refractivity contribution >= 4 is 29.2 Å². The van der Waals surface area contributed by atoms with Crippen LogP contribution in [0.4, 0.5) is 5.69 Å². The van der Waals surface area contributed by atoms with Crippen molar-refractivity contribution in [1.29, 1.82) is 0 Å². The standard InChI is InChI=1S/C14H16N2S2/c1-11-2-4-12(5-3-11)17-8-9-18-14-6-7-16-10-13(14)15/h2-7,10H,8-9,15H2,1H3. The number of benzene rings is 1. The molecule has 2 nitrogen and oxygen atoms in total. The Kier molecular flexibility index (Phi) is 4.96. The number of hydrogen-bond donors (Lipinski definition) is 1. The van der Waals surface area contributed by atoms with Crippen LogP contribution in [-0.2, 0) is 0 Å². The number of pyridine rings is 1. The van der Waals surface area contributed by atoms with E-state index < -0.39 is 0 Å². The van der Waals surface area contributed by atoms with Gasteiger partial charge in [0.2, 0.25) is 0 Å². The summed E-state index contributed by atoms with van der Waals surface area (Å²) in [6, 6.07) is 10.6. The first kappa shape index (κ1) is 13.3. The zero-order valence-corrected chi connectivity index (χ0v) is 11.9. The van der Waals surface area contributed by atoms with Gasteiger partial charge in [0.1, 0.15) is 0 Å². The first-order valence-electron chi connectivity index (χ1n) is 5.77. The maximum atomic E-state index is 5.84. The third-order valence-electron chi connectivity index (χ3n) is 2.44. The van der Waals surface area contributed by atoms with Gasteiger partial charge in [0.25, 0.3) is 0 Å². The SMILES string of the molecule is Cc1ccc(SCCSc2ccncc2N)cc1. The lowest BCUT2D eigenvalue weighted by atomic mass is 10.2. The largest absolute Gasteiger partial charge is 0.397 e. The van der Waals surface area contributed by atoms with Gasteiger partial charge in [-0.3, -0.25) is 4.98 Å². The predicted molar refractivity (Wildman–Crippen MR) is 81.3 cm³/mol. The second-order valence-electron chi connectivity index (χ2n) is 3.92. The van der Waals surface area contributed by atoms with Gasteiger partial charge < -0.3 is 5.73 Å². The Morgan fingerprint density at radius 1 is 1.06 bits per heavy atom. The molecule has 0 atom stereocenters. The third-order valence-corrected chi connectivity index (χ3v) is 4.80. The van der Waals surface area contributed by atoms with Crippen LogP contribution in [0.25, 0.3) is 0 Å². The summed E-state index contributed by atoms with van der Waals surface area (Å²) in [5.74, 6) is 2.13. The average Bonchev–Trinajstić information content (AvgIpc) is 2.39. The molecule has 1 aromatic carbocycles. The van der Waals surface area contributed by atoms with Crippen molar-refractivity contribution in [2.24, 2.45) is 0 Å². The second-order valence-corrected chi connectivity index (χ2v) is 6.23. The molecule has 0 bridgehead atoms. The molecule has 2 aromatic rings. The lowest BCUT2D eigenvalue weighted by Gasteiger charge is -2.04. The van der Waals surface area contributed by atoms with Gasteiger partial charge in [0.15, 0.2) is 0 Å². The minimum absolute atomic E-state index is 0.767.